The summed E-state index contributed by atoms with van der Waals surface area (Å²) in [7, 11) is 0. The highest BCUT2D eigenvalue weighted by atomic mass is 32.1. The molecular weight excluding hydrogens is 540 g/mol. The number of unbranched alkanes of at least 4 members (excludes halogenated alkanes) is 2. The molecule has 210 valence electrons. The number of aliphatic hydroxyl groups is 1. The van der Waals surface area contributed by atoms with Crippen molar-refractivity contribution >= 4 is 44.1 Å². The van der Waals surface area contributed by atoms with Gasteiger partial charge < -0.3 is 19.3 Å². The number of aryl methyl sites for hydroxylation is 1. The second-order valence-electron chi connectivity index (χ2n) is 10.1. The standard InChI is InChI=1S/C32H30N2O6S/c1-3-4-5-13-38-22-8-6-7-20(17-22)28-27(29(35)21-10-12-24-25(18-21)40-15-14-39-24)30(36)31(37)34(28)32-33-23-11-9-19(2)16-26(23)41-32/h6-12,16-18,28,35H,3-5,13-15H2,1-2H3/b29-27-. The predicted molar refractivity (Wildman–Crippen MR) is 158 cm³/mol. The van der Waals surface area contributed by atoms with Crippen LogP contribution in [-0.2, 0) is 9.59 Å². The van der Waals surface area contributed by atoms with Crippen LogP contribution in [0.3, 0.4) is 0 Å². The zero-order valence-corrected chi connectivity index (χ0v) is 23.7. The van der Waals surface area contributed by atoms with Crippen LogP contribution in [0.25, 0.3) is 16.0 Å². The minimum Gasteiger partial charge on any atom is -0.507 e. The minimum absolute atomic E-state index is 0.0229. The summed E-state index contributed by atoms with van der Waals surface area (Å²) in [5, 5.41) is 12.0. The molecule has 0 radical (unpaired) electrons. The minimum atomic E-state index is -0.913. The molecule has 1 fully saturated rings. The Hall–Kier alpha value is -4.37. The lowest BCUT2D eigenvalue weighted by molar-refractivity contribution is -0.132. The number of aromatic nitrogens is 1. The number of hydrogen-bond donors (Lipinski definition) is 1. The van der Waals surface area contributed by atoms with Gasteiger partial charge in [-0.15, -0.1) is 0 Å². The highest BCUT2D eigenvalue weighted by molar-refractivity contribution is 7.22. The fourth-order valence-electron chi connectivity index (χ4n) is 5.13. The van der Waals surface area contributed by atoms with Gasteiger partial charge in [-0.3, -0.25) is 14.5 Å². The van der Waals surface area contributed by atoms with E-state index in [4.69, 9.17) is 19.2 Å². The van der Waals surface area contributed by atoms with Crippen LogP contribution in [-0.4, -0.2) is 41.6 Å². The number of hydrogen-bond acceptors (Lipinski definition) is 8. The van der Waals surface area contributed by atoms with Crippen molar-refractivity contribution in [3.05, 3.63) is 82.9 Å². The Balaban J connectivity index is 1.48. The lowest BCUT2D eigenvalue weighted by Crippen LogP contribution is -2.29. The van der Waals surface area contributed by atoms with Crippen LogP contribution in [0.1, 0.15) is 48.9 Å². The van der Waals surface area contributed by atoms with Crippen LogP contribution in [0.15, 0.2) is 66.2 Å². The Bertz CT molecular complexity index is 1680. The van der Waals surface area contributed by atoms with Gasteiger partial charge in [0.2, 0.25) is 0 Å². The Morgan fingerprint density at radius 1 is 1.05 bits per heavy atom. The number of anilines is 1. The smallest absolute Gasteiger partial charge is 0.301 e. The predicted octanol–water partition coefficient (Wildman–Crippen LogP) is 6.57. The maximum Gasteiger partial charge on any atom is 0.301 e. The van der Waals surface area contributed by atoms with E-state index < -0.39 is 17.7 Å². The molecule has 1 atom stereocenters. The van der Waals surface area contributed by atoms with Crippen LogP contribution < -0.4 is 19.1 Å². The number of benzene rings is 3. The number of nitrogens with zero attached hydrogens (tertiary/aromatic N) is 2. The Morgan fingerprint density at radius 3 is 2.71 bits per heavy atom. The summed E-state index contributed by atoms with van der Waals surface area (Å²) in [4.78, 5) is 33.4. The quantitative estimate of drug-likeness (QED) is 0.111. The summed E-state index contributed by atoms with van der Waals surface area (Å²) in [5.74, 6) is -0.175. The molecule has 2 aliphatic heterocycles. The van der Waals surface area contributed by atoms with Gasteiger partial charge in [0.05, 0.1) is 28.4 Å². The highest BCUT2D eigenvalue weighted by Crippen LogP contribution is 2.45. The first-order valence-corrected chi connectivity index (χ1v) is 14.6. The van der Waals surface area contributed by atoms with Gasteiger partial charge in [0, 0.05) is 5.56 Å². The van der Waals surface area contributed by atoms with Crippen molar-refractivity contribution in [2.75, 3.05) is 24.7 Å². The molecule has 0 aliphatic carbocycles. The van der Waals surface area contributed by atoms with Crippen LogP contribution >= 0.6 is 11.3 Å². The van der Waals surface area contributed by atoms with E-state index in [1.807, 2.05) is 49.4 Å². The third-order valence-electron chi connectivity index (χ3n) is 7.19. The highest BCUT2D eigenvalue weighted by Gasteiger charge is 2.48. The lowest BCUT2D eigenvalue weighted by atomic mass is 9.95. The Morgan fingerprint density at radius 2 is 1.88 bits per heavy atom. The number of Topliss-reactive ketones (excluding diaryl/α,β-unsaturated/α-hetero) is 1. The molecule has 1 N–H and O–H groups in total. The van der Waals surface area contributed by atoms with E-state index in [1.54, 1.807) is 18.2 Å². The third kappa shape index (κ3) is 5.13. The van der Waals surface area contributed by atoms with Crippen LogP contribution in [0.4, 0.5) is 5.13 Å². The van der Waals surface area contributed by atoms with Gasteiger partial charge >= 0.3 is 5.91 Å². The number of carbonyl (C=O) groups excluding carboxylic acids is 2. The molecule has 9 heteroatoms. The molecule has 1 unspecified atom stereocenters. The van der Waals surface area contributed by atoms with Crippen molar-refractivity contribution in [3.8, 4) is 17.2 Å². The molecule has 6 rings (SSSR count). The molecule has 0 spiro atoms. The first-order valence-electron chi connectivity index (χ1n) is 13.8. The summed E-state index contributed by atoms with van der Waals surface area (Å²) in [6, 6.07) is 17.2. The van der Waals surface area contributed by atoms with Gasteiger partial charge in [-0.1, -0.05) is 49.3 Å². The second-order valence-corrected chi connectivity index (χ2v) is 11.1. The number of thiazole rings is 1. The fraction of sp³-hybridized carbons (Fsp3) is 0.281. The number of amides is 1. The van der Waals surface area contributed by atoms with Crippen molar-refractivity contribution in [3.63, 3.8) is 0 Å². The van der Waals surface area contributed by atoms with E-state index in [2.05, 4.69) is 6.92 Å². The topological polar surface area (TPSA) is 98.2 Å². The number of ether oxygens (including phenoxy) is 3. The van der Waals surface area contributed by atoms with Crippen molar-refractivity contribution in [1.29, 1.82) is 0 Å². The average molecular weight is 571 g/mol. The van der Waals surface area contributed by atoms with Gasteiger partial charge in [0.15, 0.2) is 16.6 Å². The number of carbonyl (C=O) groups is 2. The zero-order chi connectivity index (χ0) is 28.5. The molecule has 2 aliphatic rings. The van der Waals surface area contributed by atoms with Crippen molar-refractivity contribution in [2.24, 2.45) is 0 Å². The van der Waals surface area contributed by atoms with Gasteiger partial charge in [-0.05, 0) is 66.9 Å². The van der Waals surface area contributed by atoms with Crippen molar-refractivity contribution in [1.82, 2.24) is 4.98 Å². The first-order chi connectivity index (χ1) is 19.9. The van der Waals surface area contributed by atoms with Gasteiger partial charge in [-0.25, -0.2) is 4.98 Å². The molecular formula is C32H30N2O6S. The van der Waals surface area contributed by atoms with Crippen molar-refractivity contribution < 1.29 is 28.9 Å². The molecule has 3 heterocycles. The molecule has 8 nitrogen and oxygen atoms in total. The largest absolute Gasteiger partial charge is 0.507 e. The molecule has 1 aromatic heterocycles. The van der Waals surface area contributed by atoms with E-state index in [0.29, 0.717) is 53.3 Å². The van der Waals surface area contributed by atoms with E-state index >= 15 is 0 Å². The van der Waals surface area contributed by atoms with Crippen LogP contribution in [0.5, 0.6) is 17.2 Å². The molecule has 4 aromatic rings. The molecule has 3 aromatic carbocycles. The summed E-state index contributed by atoms with van der Waals surface area (Å²) >= 11 is 1.33. The Labute approximate surface area is 241 Å². The van der Waals surface area contributed by atoms with Gasteiger partial charge in [0.25, 0.3) is 5.78 Å². The molecule has 0 bridgehead atoms. The summed E-state index contributed by atoms with van der Waals surface area (Å²) < 4.78 is 18.2. The Kier molecular flexibility index (Phi) is 7.36. The lowest BCUT2D eigenvalue weighted by Gasteiger charge is -2.24. The summed E-state index contributed by atoms with van der Waals surface area (Å²) in [6.07, 6.45) is 3.07. The molecule has 1 saturated heterocycles. The maximum atomic E-state index is 13.7. The van der Waals surface area contributed by atoms with Crippen molar-refractivity contribution in [2.45, 2.75) is 39.2 Å². The molecule has 0 saturated carbocycles. The monoisotopic (exact) mass is 570 g/mol. The molecule has 1 amide bonds. The number of rotatable bonds is 8. The van der Waals surface area contributed by atoms with Crippen LogP contribution in [0.2, 0.25) is 0 Å². The number of aliphatic hydroxyl groups excluding tert-OH is 1. The number of ketones is 1. The SMILES string of the molecule is CCCCCOc1cccc(C2/C(=C(/O)c3ccc4c(c3)OCCO4)C(=O)C(=O)N2c2nc3ccc(C)cc3s2)c1. The summed E-state index contributed by atoms with van der Waals surface area (Å²) in [6.45, 7) is 5.50. The zero-order valence-electron chi connectivity index (χ0n) is 22.9. The summed E-state index contributed by atoms with van der Waals surface area (Å²) in [5.41, 5.74) is 2.76. The van der Waals surface area contributed by atoms with E-state index in [0.717, 1.165) is 35.0 Å². The van der Waals surface area contributed by atoms with E-state index in [9.17, 15) is 14.7 Å². The van der Waals surface area contributed by atoms with E-state index in [1.165, 1.54) is 16.2 Å². The fourth-order valence-corrected chi connectivity index (χ4v) is 6.22. The number of fused-ring (bicyclic) bond motifs is 2. The molecule has 41 heavy (non-hydrogen) atoms. The van der Waals surface area contributed by atoms with Gasteiger partial charge in [-0.2, -0.15) is 0 Å². The van der Waals surface area contributed by atoms with E-state index in [-0.39, 0.29) is 11.3 Å². The van der Waals surface area contributed by atoms with Gasteiger partial charge in [0.1, 0.15) is 24.7 Å². The first kappa shape index (κ1) is 26.8. The maximum absolute atomic E-state index is 13.7. The van der Waals surface area contributed by atoms with Crippen LogP contribution in [0, 0.1) is 6.92 Å². The normalized spacial score (nSPS) is 17.8. The third-order valence-corrected chi connectivity index (χ3v) is 8.21. The average Bonchev–Trinajstić information content (AvgIpc) is 3.52. The second kappa shape index (κ2) is 11.2.